The molecule has 4 aromatic heterocycles. The standard InChI is InChI=1S/C68H44N2/c1-41-31-33-47(43-19-7-3-8-20-43)39-55(41)49-35-37-53-63-59(45-23-11-5-12-24-45)68-64(60(46-25-13-6-14-26-46)67(63)69-57-29-17-15-27-51(57)61(49)65(53)69)54-38-36-50(62-52-28-16-18-30-58(52)70(68)66(54)62)56-40-48(34-32-42(56)2)44-21-9-4-10-22-44/h3-40H,1-2H3. The summed E-state index contributed by atoms with van der Waals surface area (Å²) in [5.74, 6) is 0. The first-order chi connectivity index (χ1) is 34.6. The molecule has 15 aromatic rings. The molecule has 0 aliphatic rings. The minimum absolute atomic E-state index is 1.21. The van der Waals surface area contributed by atoms with E-state index >= 15 is 0 Å². The summed E-state index contributed by atoms with van der Waals surface area (Å²) in [5.41, 5.74) is 24.8. The summed E-state index contributed by atoms with van der Waals surface area (Å²) in [6.07, 6.45) is 0. The van der Waals surface area contributed by atoms with Gasteiger partial charge in [0.25, 0.3) is 0 Å². The zero-order valence-electron chi connectivity index (χ0n) is 38.8. The van der Waals surface area contributed by atoms with Gasteiger partial charge in [0, 0.05) is 54.2 Å². The first-order valence-corrected chi connectivity index (χ1v) is 24.4. The summed E-state index contributed by atoms with van der Waals surface area (Å²) < 4.78 is 5.28. The fourth-order valence-corrected chi connectivity index (χ4v) is 12.4. The third kappa shape index (κ3) is 5.33. The number of para-hydroxylation sites is 2. The third-order valence-corrected chi connectivity index (χ3v) is 15.5. The Labute approximate surface area is 405 Å². The smallest absolute Gasteiger partial charge is 0.0634 e. The van der Waals surface area contributed by atoms with Gasteiger partial charge in [-0.2, -0.15) is 0 Å². The van der Waals surface area contributed by atoms with Crippen molar-refractivity contribution in [2.45, 2.75) is 13.8 Å². The fourth-order valence-electron chi connectivity index (χ4n) is 12.4. The van der Waals surface area contributed by atoms with Crippen molar-refractivity contribution in [3.05, 3.63) is 242 Å². The van der Waals surface area contributed by atoms with Gasteiger partial charge in [0.15, 0.2) is 0 Å². The van der Waals surface area contributed by atoms with Crippen LogP contribution in [0.15, 0.2) is 231 Å². The van der Waals surface area contributed by atoms with Crippen LogP contribution in [0, 0.1) is 13.8 Å². The highest BCUT2D eigenvalue weighted by Crippen LogP contribution is 2.56. The highest BCUT2D eigenvalue weighted by atomic mass is 14.9. The zero-order valence-corrected chi connectivity index (χ0v) is 38.8. The molecule has 0 fully saturated rings. The third-order valence-electron chi connectivity index (χ3n) is 15.5. The van der Waals surface area contributed by atoms with Gasteiger partial charge < -0.3 is 8.80 Å². The molecule has 11 aromatic carbocycles. The lowest BCUT2D eigenvalue weighted by atomic mass is 9.87. The van der Waals surface area contributed by atoms with Crippen molar-refractivity contribution in [2.24, 2.45) is 0 Å². The zero-order chi connectivity index (χ0) is 46.2. The average molecular weight is 889 g/mol. The molecule has 0 N–H and O–H groups in total. The Bertz CT molecular complexity index is 4260. The molecular formula is C68H44N2. The number of aryl methyl sites for hydroxylation is 2. The quantitative estimate of drug-likeness (QED) is 0.157. The number of fused-ring (bicyclic) bond motifs is 12. The molecule has 2 heteroatoms. The molecule has 0 saturated carbocycles. The molecule has 70 heavy (non-hydrogen) atoms. The van der Waals surface area contributed by atoms with Gasteiger partial charge in [-0.15, -0.1) is 0 Å². The summed E-state index contributed by atoms with van der Waals surface area (Å²) in [5, 5.41) is 10.2. The molecule has 0 bridgehead atoms. The fraction of sp³-hybridized carbons (Fsp3) is 0.0294. The van der Waals surface area contributed by atoms with Crippen LogP contribution in [0.25, 0.3) is 143 Å². The lowest BCUT2D eigenvalue weighted by Crippen LogP contribution is -1.93. The van der Waals surface area contributed by atoms with Crippen LogP contribution in [0.4, 0.5) is 0 Å². The molecular weight excluding hydrogens is 845 g/mol. The monoisotopic (exact) mass is 888 g/mol. The lowest BCUT2D eigenvalue weighted by Gasteiger charge is -2.16. The molecule has 0 amide bonds. The highest BCUT2D eigenvalue weighted by Gasteiger charge is 2.32. The Hall–Kier alpha value is -8.98. The van der Waals surface area contributed by atoms with Crippen molar-refractivity contribution in [1.29, 1.82) is 0 Å². The Morgan fingerprint density at radius 1 is 0.243 bits per heavy atom. The van der Waals surface area contributed by atoms with E-state index < -0.39 is 0 Å². The van der Waals surface area contributed by atoms with E-state index in [0.29, 0.717) is 0 Å². The number of nitrogens with zero attached hydrogens (tertiary/aromatic N) is 2. The molecule has 0 aliphatic carbocycles. The van der Waals surface area contributed by atoms with Crippen molar-refractivity contribution < 1.29 is 0 Å². The SMILES string of the molecule is Cc1ccc(-c2ccccc2)cc1-c1ccc2c3c(-c4ccccc4)c4c(c(-c5ccccc5)c3n3c5ccccc5c1c23)c1ccc(-c2cc(-c3ccccc3)ccc2C)c2c3ccccc3n4c12. The van der Waals surface area contributed by atoms with Gasteiger partial charge in [-0.1, -0.05) is 206 Å². The van der Waals surface area contributed by atoms with Crippen molar-refractivity contribution in [3.8, 4) is 66.8 Å². The maximum Gasteiger partial charge on any atom is 0.0634 e. The number of rotatable bonds is 6. The van der Waals surface area contributed by atoms with Crippen molar-refractivity contribution >= 4 is 76.2 Å². The van der Waals surface area contributed by atoms with E-state index in [1.54, 1.807) is 0 Å². The topological polar surface area (TPSA) is 8.82 Å². The molecule has 0 saturated heterocycles. The molecule has 0 aliphatic heterocycles. The molecule has 0 atom stereocenters. The second-order valence-electron chi connectivity index (χ2n) is 19.2. The number of aromatic nitrogens is 2. The molecule has 0 unspecified atom stereocenters. The van der Waals surface area contributed by atoms with Gasteiger partial charge in [0.05, 0.1) is 33.1 Å². The Balaban J connectivity index is 1.16. The highest BCUT2D eigenvalue weighted by molar-refractivity contribution is 6.39. The Morgan fingerprint density at radius 2 is 0.600 bits per heavy atom. The van der Waals surface area contributed by atoms with Crippen molar-refractivity contribution in [2.75, 3.05) is 0 Å². The molecule has 326 valence electrons. The average Bonchev–Trinajstić information content (AvgIpc) is 4.16. The normalized spacial score (nSPS) is 12.1. The second kappa shape index (κ2) is 14.8. The lowest BCUT2D eigenvalue weighted by molar-refractivity contribution is 1.36. The Kier molecular flexibility index (Phi) is 8.24. The summed E-state index contributed by atoms with van der Waals surface area (Å²) in [6, 6.07) is 85.8. The van der Waals surface area contributed by atoms with E-state index in [1.807, 2.05) is 0 Å². The van der Waals surface area contributed by atoms with E-state index in [9.17, 15) is 0 Å². The number of hydrogen-bond acceptors (Lipinski definition) is 0. The van der Waals surface area contributed by atoms with Gasteiger partial charge >= 0.3 is 0 Å². The first kappa shape index (κ1) is 39.1. The van der Waals surface area contributed by atoms with E-state index in [4.69, 9.17) is 0 Å². The summed E-state index contributed by atoms with van der Waals surface area (Å²) in [7, 11) is 0. The number of hydrogen-bond donors (Lipinski definition) is 0. The molecule has 0 radical (unpaired) electrons. The van der Waals surface area contributed by atoms with Crippen LogP contribution in [0.3, 0.4) is 0 Å². The predicted molar refractivity (Wildman–Crippen MR) is 298 cm³/mol. The minimum atomic E-state index is 1.21. The predicted octanol–water partition coefficient (Wildman–Crippen LogP) is 18.6. The van der Waals surface area contributed by atoms with Crippen LogP contribution in [0.2, 0.25) is 0 Å². The van der Waals surface area contributed by atoms with Crippen LogP contribution in [0.5, 0.6) is 0 Å². The van der Waals surface area contributed by atoms with Crippen molar-refractivity contribution in [3.63, 3.8) is 0 Å². The van der Waals surface area contributed by atoms with Crippen molar-refractivity contribution in [1.82, 2.24) is 8.80 Å². The van der Waals surface area contributed by atoms with E-state index in [2.05, 4.69) is 253 Å². The number of benzene rings is 11. The van der Waals surface area contributed by atoms with Gasteiger partial charge in [-0.25, -0.2) is 0 Å². The summed E-state index contributed by atoms with van der Waals surface area (Å²) in [4.78, 5) is 0. The largest absolute Gasteiger partial charge is 0.307 e. The van der Waals surface area contributed by atoms with E-state index in [1.165, 1.54) is 154 Å². The van der Waals surface area contributed by atoms with E-state index in [-0.39, 0.29) is 0 Å². The van der Waals surface area contributed by atoms with Crippen LogP contribution in [-0.2, 0) is 0 Å². The second-order valence-corrected chi connectivity index (χ2v) is 19.2. The van der Waals surface area contributed by atoms with Crippen LogP contribution in [0.1, 0.15) is 11.1 Å². The first-order valence-electron chi connectivity index (χ1n) is 24.4. The Morgan fingerprint density at radius 3 is 1.00 bits per heavy atom. The van der Waals surface area contributed by atoms with Gasteiger partial charge in [0.1, 0.15) is 0 Å². The maximum atomic E-state index is 2.64. The molecule has 0 spiro atoms. The van der Waals surface area contributed by atoms with Gasteiger partial charge in [-0.3, -0.25) is 0 Å². The van der Waals surface area contributed by atoms with Crippen LogP contribution in [-0.4, -0.2) is 8.80 Å². The summed E-state index contributed by atoms with van der Waals surface area (Å²) >= 11 is 0. The molecule has 15 rings (SSSR count). The maximum absolute atomic E-state index is 2.64. The van der Waals surface area contributed by atoms with Crippen LogP contribution < -0.4 is 0 Å². The van der Waals surface area contributed by atoms with Crippen LogP contribution >= 0.6 is 0 Å². The van der Waals surface area contributed by atoms with Gasteiger partial charge in [-0.05, 0) is 105 Å². The minimum Gasteiger partial charge on any atom is -0.307 e. The molecule has 2 nitrogen and oxygen atoms in total. The van der Waals surface area contributed by atoms with Gasteiger partial charge in [0.2, 0.25) is 0 Å². The van der Waals surface area contributed by atoms with E-state index in [0.717, 1.165) is 0 Å². The molecule has 4 heterocycles. The summed E-state index contributed by atoms with van der Waals surface area (Å²) in [6.45, 7) is 4.52.